The van der Waals surface area contributed by atoms with Gasteiger partial charge < -0.3 is 4.90 Å². The van der Waals surface area contributed by atoms with E-state index in [9.17, 15) is 0 Å². The lowest BCUT2D eigenvalue weighted by Gasteiger charge is -2.27. The fourth-order valence-corrected chi connectivity index (χ4v) is 12.0. The van der Waals surface area contributed by atoms with Crippen molar-refractivity contribution in [3.8, 4) is 44.5 Å². The number of thiophene rings is 1. The lowest BCUT2D eigenvalue weighted by atomic mass is 9.82. The fraction of sp³-hybridized carbons (Fsp3) is 0.103. The summed E-state index contributed by atoms with van der Waals surface area (Å²) in [5, 5.41) is 5.18. The van der Waals surface area contributed by atoms with Crippen LogP contribution in [0.3, 0.4) is 0 Å². The molecule has 0 bridgehead atoms. The number of hydrogen-bond donors (Lipinski definition) is 0. The van der Waals surface area contributed by atoms with Crippen molar-refractivity contribution in [2.24, 2.45) is 0 Å². The molecular weight excluding hydrogens is 743 g/mol. The van der Waals surface area contributed by atoms with Crippen LogP contribution < -0.4 is 4.90 Å². The molecule has 60 heavy (non-hydrogen) atoms. The van der Waals surface area contributed by atoms with Crippen molar-refractivity contribution in [1.82, 2.24) is 0 Å². The Balaban J connectivity index is 1.02. The number of anilines is 3. The minimum absolute atomic E-state index is 0.0431. The molecule has 1 nitrogen and oxygen atoms in total. The van der Waals surface area contributed by atoms with Crippen molar-refractivity contribution in [3.63, 3.8) is 0 Å². The molecule has 0 atom stereocenters. The first-order valence-corrected chi connectivity index (χ1v) is 21.9. The highest BCUT2D eigenvalue weighted by atomic mass is 32.1. The summed E-state index contributed by atoms with van der Waals surface area (Å²) in [6.45, 7) is 9.43. The molecule has 0 unspecified atom stereocenters. The average Bonchev–Trinajstić information content (AvgIpc) is 3.88. The largest absolute Gasteiger partial charge is 0.309 e. The molecule has 2 aliphatic carbocycles. The predicted molar refractivity (Wildman–Crippen MR) is 258 cm³/mol. The zero-order chi connectivity index (χ0) is 40.3. The summed E-state index contributed by atoms with van der Waals surface area (Å²) in [7, 11) is 0. The third-order valence-electron chi connectivity index (χ3n) is 13.7. The maximum absolute atomic E-state index is 2.47. The molecule has 286 valence electrons. The van der Waals surface area contributed by atoms with Gasteiger partial charge in [-0.1, -0.05) is 185 Å². The normalized spacial score (nSPS) is 14.3. The standard InChI is InChI=1S/C58H43NS/c1-57(2)48-21-9-7-16-46(48)53-41(18-11-23-50(53)57)37-26-31-39(32-27-37)59(52-25-13-20-44-45-35-30-36-14-5-6-15-43(36)55(45)60-56(44)52)40-33-28-38(29-34-40)42-19-12-24-51-54(42)47-17-8-10-22-49(47)58(51,3)4/h5-35H,1-4H3. The van der Waals surface area contributed by atoms with Crippen LogP contribution in [0, 0.1) is 0 Å². The van der Waals surface area contributed by atoms with E-state index in [1.807, 2.05) is 11.3 Å². The highest BCUT2D eigenvalue weighted by Crippen LogP contribution is 2.54. The van der Waals surface area contributed by atoms with Gasteiger partial charge in [-0.3, -0.25) is 0 Å². The highest BCUT2D eigenvalue weighted by Gasteiger charge is 2.38. The lowest BCUT2D eigenvalue weighted by molar-refractivity contribution is 0.660. The monoisotopic (exact) mass is 785 g/mol. The summed E-state index contributed by atoms with van der Waals surface area (Å²) >= 11 is 1.91. The summed E-state index contributed by atoms with van der Waals surface area (Å²) in [6, 6.07) is 70.3. The first-order valence-electron chi connectivity index (χ1n) is 21.1. The van der Waals surface area contributed by atoms with Crippen LogP contribution >= 0.6 is 11.3 Å². The second kappa shape index (κ2) is 12.9. The van der Waals surface area contributed by atoms with Crippen molar-refractivity contribution in [3.05, 3.63) is 210 Å². The van der Waals surface area contributed by atoms with Gasteiger partial charge >= 0.3 is 0 Å². The summed E-state index contributed by atoms with van der Waals surface area (Å²) in [4.78, 5) is 2.47. The van der Waals surface area contributed by atoms with Gasteiger partial charge in [0.1, 0.15) is 0 Å². The molecule has 9 aromatic carbocycles. The zero-order valence-electron chi connectivity index (χ0n) is 34.3. The molecule has 0 spiro atoms. The Morgan fingerprint density at radius 2 is 0.800 bits per heavy atom. The zero-order valence-corrected chi connectivity index (χ0v) is 35.1. The van der Waals surface area contributed by atoms with Crippen molar-refractivity contribution < 1.29 is 0 Å². The van der Waals surface area contributed by atoms with E-state index in [0.717, 1.165) is 11.4 Å². The van der Waals surface area contributed by atoms with Crippen LogP contribution in [0.15, 0.2) is 188 Å². The molecule has 0 saturated heterocycles. The molecule has 2 aliphatic rings. The molecule has 0 radical (unpaired) electrons. The molecule has 0 saturated carbocycles. The molecule has 0 amide bonds. The Morgan fingerprint density at radius 1 is 0.350 bits per heavy atom. The molecule has 0 aliphatic heterocycles. The molecular formula is C58H43NS. The van der Waals surface area contributed by atoms with Crippen molar-refractivity contribution in [1.29, 1.82) is 0 Å². The van der Waals surface area contributed by atoms with Crippen molar-refractivity contribution >= 4 is 59.3 Å². The first kappa shape index (κ1) is 35.2. The highest BCUT2D eigenvalue weighted by molar-refractivity contribution is 7.27. The van der Waals surface area contributed by atoms with Gasteiger partial charge in [0.05, 0.1) is 10.4 Å². The van der Waals surface area contributed by atoms with E-state index in [1.54, 1.807) is 0 Å². The van der Waals surface area contributed by atoms with Crippen LogP contribution in [-0.4, -0.2) is 0 Å². The second-order valence-corrected chi connectivity index (χ2v) is 18.7. The SMILES string of the molecule is CC1(C)c2ccccc2-c2c(-c3ccc(N(c4ccc(-c5cccc6c5-c5ccccc5C6(C)C)cc4)c4cccc5c4sc4c6ccccc6ccc54)cc3)cccc21. The van der Waals surface area contributed by atoms with E-state index < -0.39 is 0 Å². The van der Waals surface area contributed by atoms with E-state index in [1.165, 1.54) is 103 Å². The number of rotatable bonds is 5. The van der Waals surface area contributed by atoms with Gasteiger partial charge in [0.15, 0.2) is 0 Å². The lowest BCUT2D eigenvalue weighted by Crippen LogP contribution is -2.14. The van der Waals surface area contributed by atoms with E-state index in [-0.39, 0.29) is 10.8 Å². The molecule has 2 heteroatoms. The molecule has 0 N–H and O–H groups in total. The summed E-state index contributed by atoms with van der Waals surface area (Å²) < 4.78 is 2.62. The van der Waals surface area contributed by atoms with Gasteiger partial charge in [-0.05, 0) is 108 Å². The van der Waals surface area contributed by atoms with E-state index in [4.69, 9.17) is 0 Å². The molecule has 12 rings (SSSR count). The minimum Gasteiger partial charge on any atom is -0.309 e. The number of nitrogens with zero attached hydrogens (tertiary/aromatic N) is 1. The van der Waals surface area contributed by atoms with Gasteiger partial charge in [0, 0.05) is 37.7 Å². The number of fused-ring (bicyclic) bond motifs is 11. The maximum atomic E-state index is 2.47. The first-order chi connectivity index (χ1) is 29.3. The topological polar surface area (TPSA) is 3.24 Å². The van der Waals surface area contributed by atoms with Gasteiger partial charge in [0.25, 0.3) is 0 Å². The smallest absolute Gasteiger partial charge is 0.0640 e. The van der Waals surface area contributed by atoms with Gasteiger partial charge in [-0.25, -0.2) is 0 Å². The molecule has 1 aromatic heterocycles. The summed E-state index contributed by atoms with van der Waals surface area (Å²) in [5.41, 5.74) is 19.4. The van der Waals surface area contributed by atoms with E-state index >= 15 is 0 Å². The molecule has 1 heterocycles. The van der Waals surface area contributed by atoms with Gasteiger partial charge in [0.2, 0.25) is 0 Å². The Hall–Kier alpha value is -6.74. The molecule has 10 aromatic rings. The van der Waals surface area contributed by atoms with Crippen LogP contribution in [0.1, 0.15) is 49.9 Å². The molecule has 0 fully saturated rings. The van der Waals surface area contributed by atoms with Crippen LogP contribution in [-0.2, 0) is 10.8 Å². The van der Waals surface area contributed by atoms with E-state index in [2.05, 4.69) is 221 Å². The van der Waals surface area contributed by atoms with Crippen LogP contribution in [0.25, 0.3) is 75.5 Å². The predicted octanol–water partition coefficient (Wildman–Crippen LogP) is 16.6. The van der Waals surface area contributed by atoms with Crippen molar-refractivity contribution in [2.75, 3.05) is 4.90 Å². The van der Waals surface area contributed by atoms with E-state index in [0.29, 0.717) is 0 Å². The van der Waals surface area contributed by atoms with Crippen LogP contribution in [0.2, 0.25) is 0 Å². The Labute approximate surface area is 355 Å². The Morgan fingerprint density at radius 3 is 1.38 bits per heavy atom. The van der Waals surface area contributed by atoms with Gasteiger partial charge in [-0.2, -0.15) is 0 Å². The number of hydrogen-bond acceptors (Lipinski definition) is 2. The Bertz CT molecular complexity index is 3210. The third-order valence-corrected chi connectivity index (χ3v) is 15.0. The van der Waals surface area contributed by atoms with Crippen LogP contribution in [0.5, 0.6) is 0 Å². The quantitative estimate of drug-likeness (QED) is 0.168. The average molecular weight is 786 g/mol. The van der Waals surface area contributed by atoms with Gasteiger partial charge in [-0.15, -0.1) is 11.3 Å². The fourth-order valence-electron chi connectivity index (χ4n) is 10.7. The Kier molecular flexibility index (Phi) is 7.56. The van der Waals surface area contributed by atoms with Crippen LogP contribution in [0.4, 0.5) is 17.1 Å². The second-order valence-electron chi connectivity index (χ2n) is 17.6. The summed E-state index contributed by atoms with van der Waals surface area (Å²) in [6.07, 6.45) is 0. The van der Waals surface area contributed by atoms with Crippen molar-refractivity contribution in [2.45, 2.75) is 38.5 Å². The number of benzene rings is 9. The maximum Gasteiger partial charge on any atom is 0.0640 e. The minimum atomic E-state index is -0.0431. The third kappa shape index (κ3) is 4.98. The summed E-state index contributed by atoms with van der Waals surface area (Å²) in [5.74, 6) is 0.